The number of halogens is 1. The van der Waals surface area contributed by atoms with Gasteiger partial charge in [-0.15, -0.1) is 0 Å². The largest absolute Gasteiger partial charge is 0.507 e. The van der Waals surface area contributed by atoms with Crippen LogP contribution in [0.1, 0.15) is 55.5 Å². The van der Waals surface area contributed by atoms with E-state index in [1.165, 1.54) is 12.1 Å². The number of hydrogen-bond acceptors (Lipinski definition) is 7. The number of alkyl halides is 1. The number of carbonyl (C=O) groups excluding carboxylic acids is 3. The van der Waals surface area contributed by atoms with Crippen LogP contribution in [0.4, 0.5) is 0 Å². The molecule has 0 aliphatic carbocycles. The number of aromatic hydroxyl groups is 3. The molecule has 8 heteroatoms. The zero-order valence-electron chi connectivity index (χ0n) is 14.4. The van der Waals surface area contributed by atoms with Gasteiger partial charge in [0.15, 0.2) is 15.7 Å². The first kappa shape index (κ1) is 19.2. The quantitative estimate of drug-likeness (QED) is 0.266. The average molecular weight is 482 g/mol. The summed E-state index contributed by atoms with van der Waals surface area (Å²) in [4.78, 5) is 37.3. The maximum atomic E-state index is 13.1. The van der Waals surface area contributed by atoms with E-state index in [4.69, 9.17) is 4.74 Å². The minimum absolute atomic E-state index is 0.0410. The summed E-state index contributed by atoms with van der Waals surface area (Å²) in [5.74, 6) is -3.01. The zero-order chi connectivity index (χ0) is 20.1. The molecular weight excluding hydrogens is 467 g/mol. The predicted octanol–water partition coefficient (Wildman–Crippen LogP) is 3.27. The summed E-state index contributed by atoms with van der Waals surface area (Å²) in [7, 11) is 0. The van der Waals surface area contributed by atoms with Crippen LogP contribution in [0, 0.1) is 6.92 Å². The number of aryl methyl sites for hydroxylation is 1. The molecule has 0 saturated heterocycles. The number of hydrogen-bond donors (Lipinski definition) is 3. The van der Waals surface area contributed by atoms with Crippen molar-refractivity contribution in [2.24, 2.45) is 0 Å². The van der Waals surface area contributed by atoms with Crippen molar-refractivity contribution < 1.29 is 34.4 Å². The monoisotopic (exact) mass is 482 g/mol. The lowest BCUT2D eigenvalue weighted by atomic mass is 9.87. The highest BCUT2D eigenvalue weighted by Crippen LogP contribution is 2.44. The van der Waals surface area contributed by atoms with Crippen molar-refractivity contribution in [3.05, 3.63) is 46.0 Å². The average Bonchev–Trinajstić information content (AvgIpc) is 2.51. The van der Waals surface area contributed by atoms with Crippen LogP contribution < -0.4 is 4.74 Å². The van der Waals surface area contributed by atoms with Crippen LogP contribution in [-0.4, -0.2) is 36.8 Å². The van der Waals surface area contributed by atoms with E-state index in [2.05, 4.69) is 0 Å². The van der Waals surface area contributed by atoms with E-state index in [-0.39, 0.29) is 24.0 Å². The number of benzene rings is 2. The molecule has 1 aliphatic heterocycles. The van der Waals surface area contributed by atoms with E-state index < -0.39 is 49.1 Å². The van der Waals surface area contributed by atoms with Crippen LogP contribution in [0.3, 0.4) is 0 Å². The Bertz CT molecular complexity index is 985. The molecule has 27 heavy (non-hydrogen) atoms. The van der Waals surface area contributed by atoms with Gasteiger partial charge in [0.05, 0.1) is 23.1 Å². The second kappa shape index (κ2) is 6.52. The molecule has 3 N–H and O–H groups in total. The first-order valence-electron chi connectivity index (χ1n) is 7.89. The standard InChI is InChI=1S/C19H15IO7/c1-8-3-11(23)16(12(24)4-8)18(26)15-9(7-21)10(22)5-14-17(15)13(25)6-19(2,20)27-14/h3-5,7,22-24H,6H2,1-2H3. The fraction of sp³-hybridized carbons (Fsp3) is 0.211. The third kappa shape index (κ3) is 3.25. The maximum Gasteiger partial charge on any atom is 0.202 e. The van der Waals surface area contributed by atoms with Gasteiger partial charge in [-0.05, 0) is 54.1 Å². The van der Waals surface area contributed by atoms with E-state index in [1.54, 1.807) is 13.8 Å². The maximum absolute atomic E-state index is 13.1. The molecule has 1 heterocycles. The Hall–Kier alpha value is -2.62. The van der Waals surface area contributed by atoms with E-state index in [1.807, 2.05) is 22.6 Å². The molecule has 1 aliphatic rings. The number of fused-ring (bicyclic) bond motifs is 1. The molecule has 0 bridgehead atoms. The molecular formula is C19H15IO7. The Morgan fingerprint density at radius 1 is 1.15 bits per heavy atom. The smallest absolute Gasteiger partial charge is 0.202 e. The third-order valence-corrected chi connectivity index (χ3v) is 4.80. The molecule has 7 nitrogen and oxygen atoms in total. The lowest BCUT2D eigenvalue weighted by Gasteiger charge is -2.31. The Labute approximate surface area is 167 Å². The fourth-order valence-corrected chi connectivity index (χ4v) is 3.70. The number of Topliss-reactive ketones (excluding diaryl/α,β-unsaturated/α-hetero) is 1. The number of ether oxygens (including phenoxy) is 1. The van der Waals surface area contributed by atoms with E-state index in [0.29, 0.717) is 5.56 Å². The molecule has 1 atom stereocenters. The van der Waals surface area contributed by atoms with E-state index >= 15 is 0 Å². The van der Waals surface area contributed by atoms with E-state index in [0.717, 1.165) is 6.07 Å². The molecule has 0 amide bonds. The van der Waals surface area contributed by atoms with Crippen molar-refractivity contribution in [2.75, 3.05) is 0 Å². The van der Waals surface area contributed by atoms with Gasteiger partial charge < -0.3 is 20.1 Å². The van der Waals surface area contributed by atoms with Crippen molar-refractivity contribution in [2.45, 2.75) is 23.9 Å². The summed E-state index contributed by atoms with van der Waals surface area (Å²) >= 11 is 1.93. The molecule has 2 aromatic carbocycles. The highest BCUT2D eigenvalue weighted by Gasteiger charge is 2.39. The lowest BCUT2D eigenvalue weighted by Crippen LogP contribution is -2.34. The Kier molecular flexibility index (Phi) is 4.62. The van der Waals surface area contributed by atoms with Crippen LogP contribution in [0.2, 0.25) is 0 Å². The first-order valence-corrected chi connectivity index (χ1v) is 8.97. The molecule has 0 radical (unpaired) electrons. The number of rotatable bonds is 3. The van der Waals surface area contributed by atoms with Gasteiger partial charge in [0.25, 0.3) is 0 Å². The molecule has 1 unspecified atom stereocenters. The molecule has 0 saturated carbocycles. The van der Waals surface area contributed by atoms with Crippen LogP contribution in [0.5, 0.6) is 23.0 Å². The molecule has 0 fully saturated rings. The Morgan fingerprint density at radius 2 is 1.74 bits per heavy atom. The Morgan fingerprint density at radius 3 is 2.30 bits per heavy atom. The van der Waals surface area contributed by atoms with Gasteiger partial charge in [-0.3, -0.25) is 14.4 Å². The van der Waals surface area contributed by atoms with Crippen LogP contribution >= 0.6 is 22.6 Å². The van der Waals surface area contributed by atoms with Crippen LogP contribution in [0.15, 0.2) is 18.2 Å². The summed E-state index contributed by atoms with van der Waals surface area (Å²) in [6.07, 6.45) is 0.187. The number of phenols is 3. The van der Waals surface area contributed by atoms with Gasteiger partial charge in [0.1, 0.15) is 28.6 Å². The summed E-state index contributed by atoms with van der Waals surface area (Å²) in [6.45, 7) is 3.28. The van der Waals surface area contributed by atoms with Crippen LogP contribution in [0.25, 0.3) is 0 Å². The van der Waals surface area contributed by atoms with Gasteiger partial charge in [-0.2, -0.15) is 0 Å². The van der Waals surface area contributed by atoms with Crippen molar-refractivity contribution in [1.82, 2.24) is 0 Å². The highest BCUT2D eigenvalue weighted by molar-refractivity contribution is 14.1. The van der Waals surface area contributed by atoms with Crippen molar-refractivity contribution in [3.63, 3.8) is 0 Å². The minimum Gasteiger partial charge on any atom is -0.507 e. The van der Waals surface area contributed by atoms with Crippen LogP contribution in [-0.2, 0) is 0 Å². The van der Waals surface area contributed by atoms with Crippen molar-refractivity contribution >= 4 is 40.4 Å². The highest BCUT2D eigenvalue weighted by atomic mass is 127. The molecule has 0 aromatic heterocycles. The lowest BCUT2D eigenvalue weighted by molar-refractivity contribution is 0.0840. The predicted molar refractivity (Wildman–Crippen MR) is 103 cm³/mol. The number of aldehydes is 1. The summed E-state index contributed by atoms with van der Waals surface area (Å²) in [5.41, 5.74) is -0.936. The number of carbonyl (C=O) groups is 3. The summed E-state index contributed by atoms with van der Waals surface area (Å²) in [5, 5.41) is 30.5. The minimum atomic E-state index is -0.965. The summed E-state index contributed by atoms with van der Waals surface area (Å²) < 4.78 is 4.81. The normalized spacial score (nSPS) is 18.6. The van der Waals surface area contributed by atoms with Gasteiger partial charge in [-0.25, -0.2) is 0 Å². The van der Waals surface area contributed by atoms with Gasteiger partial charge in [0.2, 0.25) is 5.78 Å². The number of ketones is 2. The van der Waals surface area contributed by atoms with Gasteiger partial charge in [-0.1, -0.05) is 0 Å². The fourth-order valence-electron chi connectivity index (χ4n) is 3.12. The third-order valence-electron chi connectivity index (χ3n) is 4.20. The van der Waals surface area contributed by atoms with Crippen molar-refractivity contribution in [1.29, 1.82) is 0 Å². The zero-order valence-corrected chi connectivity index (χ0v) is 16.5. The summed E-state index contributed by atoms with van der Waals surface area (Å²) in [6, 6.07) is 3.64. The second-order valence-corrected chi connectivity index (χ2v) is 8.77. The molecule has 140 valence electrons. The van der Waals surface area contributed by atoms with Gasteiger partial charge in [0, 0.05) is 6.07 Å². The Balaban J connectivity index is 2.33. The van der Waals surface area contributed by atoms with Gasteiger partial charge >= 0.3 is 0 Å². The second-order valence-electron chi connectivity index (χ2n) is 6.49. The molecule has 0 spiro atoms. The van der Waals surface area contributed by atoms with Crippen molar-refractivity contribution in [3.8, 4) is 23.0 Å². The molecule has 3 rings (SSSR count). The number of phenolic OH excluding ortho intramolecular Hbond substituents is 3. The topological polar surface area (TPSA) is 121 Å². The SMILES string of the molecule is Cc1cc(O)c(C(=O)c2c(C=O)c(O)cc3c2C(=O)CC(C)(I)O3)c(O)c1. The first-order chi connectivity index (χ1) is 12.6. The van der Waals surface area contributed by atoms with E-state index in [9.17, 15) is 29.7 Å². The molecule has 2 aromatic rings.